The van der Waals surface area contributed by atoms with E-state index in [1.807, 2.05) is 20.8 Å². The summed E-state index contributed by atoms with van der Waals surface area (Å²) in [6.45, 7) is 5.81. The van der Waals surface area contributed by atoms with E-state index in [2.05, 4.69) is 32.6 Å². The molecule has 1 saturated carbocycles. The summed E-state index contributed by atoms with van der Waals surface area (Å²) in [7, 11) is 0. The smallest absolute Gasteiger partial charge is 0.108 e. The normalized spacial score (nSPS) is 37.0. The fourth-order valence-electron chi connectivity index (χ4n) is 3.47. The van der Waals surface area contributed by atoms with E-state index in [4.69, 9.17) is 14.3 Å². The minimum Gasteiger partial charge on any atom is -0.365 e. The molecule has 144 valence electrons. The van der Waals surface area contributed by atoms with Crippen LogP contribution in [-0.4, -0.2) is 37.1 Å². The topological polar surface area (TPSA) is 12.5 Å². The maximum atomic E-state index is 8.59. The van der Waals surface area contributed by atoms with Crippen molar-refractivity contribution in [3.63, 3.8) is 0 Å². The average molecular weight is 355 g/mol. The molecule has 1 aliphatic carbocycles. The fourth-order valence-corrected chi connectivity index (χ4v) is 3.47. The molecule has 0 aromatic carbocycles. The van der Waals surface area contributed by atoms with Crippen molar-refractivity contribution < 1.29 is 14.3 Å². The van der Waals surface area contributed by atoms with Crippen molar-refractivity contribution in [2.75, 3.05) is 26.1 Å². The molecule has 0 amide bonds. The summed E-state index contributed by atoms with van der Waals surface area (Å²) in [5.41, 5.74) is -0.208. The number of hydrogen-bond acceptors (Lipinski definition) is 2. The molecule has 2 heteroatoms. The first-order chi connectivity index (χ1) is 14.1. The largest absolute Gasteiger partial charge is 0.365 e. The Morgan fingerprint density at radius 3 is 2.16 bits per heavy atom. The molecule has 1 aliphatic heterocycles. The summed E-state index contributed by atoms with van der Waals surface area (Å²) in [5, 5.41) is 0. The summed E-state index contributed by atoms with van der Waals surface area (Å²) in [6, 6.07) is 0. The Labute approximate surface area is 166 Å². The molecule has 1 heterocycles. The van der Waals surface area contributed by atoms with Gasteiger partial charge in [0.1, 0.15) is 6.56 Å². The first-order valence-corrected chi connectivity index (χ1v) is 9.67. The molecule has 2 fully saturated rings. The van der Waals surface area contributed by atoms with Crippen LogP contribution in [0, 0.1) is 34.5 Å². The molecule has 0 atom stereocenters. The summed E-state index contributed by atoms with van der Waals surface area (Å²) >= 11 is 0. The maximum absolute atomic E-state index is 8.59. The number of rotatable bonds is 4. The van der Waals surface area contributed by atoms with Crippen molar-refractivity contribution in [1.82, 2.24) is 4.90 Å². The lowest BCUT2D eigenvalue weighted by atomic mass is 9.70. The van der Waals surface area contributed by atoms with E-state index < -0.39 is 43.9 Å². The van der Waals surface area contributed by atoms with Crippen LogP contribution in [0.1, 0.15) is 89.7 Å². The van der Waals surface area contributed by atoms with Gasteiger partial charge in [-0.2, -0.15) is 0 Å². The molecule has 0 radical (unpaired) electrons. The first-order valence-electron chi connectivity index (χ1n) is 13.2. The zero-order chi connectivity index (χ0) is 24.8. The third-order valence-corrected chi connectivity index (χ3v) is 5.13. The van der Waals surface area contributed by atoms with Gasteiger partial charge in [0.25, 0.3) is 0 Å². The van der Waals surface area contributed by atoms with Gasteiger partial charge < -0.3 is 9.64 Å². The van der Waals surface area contributed by atoms with E-state index in [1.54, 1.807) is 0 Å². The van der Waals surface area contributed by atoms with Gasteiger partial charge >= 0.3 is 0 Å². The molecule has 25 heavy (non-hydrogen) atoms. The molecule has 2 aliphatic rings. The Balaban J connectivity index is 2.12. The van der Waals surface area contributed by atoms with Crippen LogP contribution in [0.5, 0.6) is 0 Å². The molecule has 0 N–H and O–H groups in total. The lowest BCUT2D eigenvalue weighted by Gasteiger charge is -2.39. The molecule has 0 aromatic heterocycles. The minimum atomic E-state index is -2.46. The van der Waals surface area contributed by atoms with Crippen LogP contribution in [0.25, 0.3) is 0 Å². The van der Waals surface area contributed by atoms with E-state index in [1.165, 1.54) is 4.90 Å². The van der Waals surface area contributed by atoms with Crippen LogP contribution in [0.4, 0.5) is 0 Å². The van der Waals surface area contributed by atoms with Crippen molar-refractivity contribution in [2.45, 2.75) is 86.1 Å². The Bertz CT molecular complexity index is 701. The van der Waals surface area contributed by atoms with Crippen LogP contribution in [0.15, 0.2) is 0 Å². The van der Waals surface area contributed by atoms with E-state index in [9.17, 15) is 0 Å². The van der Waals surface area contributed by atoms with Crippen molar-refractivity contribution in [1.29, 1.82) is 0 Å². The van der Waals surface area contributed by atoms with Gasteiger partial charge in [-0.15, -0.1) is 0 Å². The lowest BCUT2D eigenvalue weighted by Crippen LogP contribution is -2.40. The minimum absolute atomic E-state index is 0.210. The van der Waals surface area contributed by atoms with Gasteiger partial charge in [0.15, 0.2) is 0 Å². The van der Waals surface area contributed by atoms with E-state index >= 15 is 0 Å². The number of piperidine rings is 1. The third-order valence-electron chi connectivity index (χ3n) is 5.13. The zero-order valence-corrected chi connectivity index (χ0v) is 17.0. The van der Waals surface area contributed by atoms with Crippen molar-refractivity contribution >= 4 is 0 Å². The van der Waals surface area contributed by atoms with Crippen LogP contribution >= 0.6 is 0 Å². The van der Waals surface area contributed by atoms with Crippen LogP contribution in [-0.2, 0) is 4.74 Å². The summed E-state index contributed by atoms with van der Waals surface area (Å²) in [6.07, 6.45) is 1.08. The van der Waals surface area contributed by atoms with Gasteiger partial charge in [-0.25, -0.2) is 0 Å². The van der Waals surface area contributed by atoms with Crippen LogP contribution < -0.4 is 0 Å². The molecule has 2 nitrogen and oxygen atoms in total. The predicted molar refractivity (Wildman–Crippen MR) is 108 cm³/mol. The molecule has 0 unspecified atom stereocenters. The second-order valence-electron chi connectivity index (χ2n) is 9.61. The summed E-state index contributed by atoms with van der Waals surface area (Å²) < 4.78 is 64.2. The van der Waals surface area contributed by atoms with Gasteiger partial charge in [-0.05, 0) is 76.5 Å². The molecule has 2 rings (SSSR count). The van der Waals surface area contributed by atoms with Crippen molar-refractivity contribution in [3.8, 4) is 11.8 Å². The fraction of sp³-hybridized carbons (Fsp3) is 0.913. The van der Waals surface area contributed by atoms with E-state index in [0.717, 1.165) is 25.7 Å². The summed E-state index contributed by atoms with van der Waals surface area (Å²) in [5.74, 6) is 5.99. The Morgan fingerprint density at radius 2 is 1.64 bits per heavy atom. The Kier molecular flexibility index (Phi) is 4.56. The highest BCUT2D eigenvalue weighted by Gasteiger charge is 2.31. The van der Waals surface area contributed by atoms with E-state index in [-0.39, 0.29) is 11.3 Å². The number of nitrogens with zero attached hydrogens (tertiary/aromatic N) is 1. The monoisotopic (exact) mass is 354 g/mol. The van der Waals surface area contributed by atoms with Gasteiger partial charge in [0.2, 0.25) is 0 Å². The number of likely N-dealkylation sites (tertiary alicyclic amines) is 1. The number of ether oxygens (including phenoxy) is 1. The molecular weight excluding hydrogens is 306 g/mol. The maximum Gasteiger partial charge on any atom is 0.108 e. The average Bonchev–Trinajstić information content (AvgIpc) is 2.53. The summed E-state index contributed by atoms with van der Waals surface area (Å²) in [4.78, 5) is 1.24. The third kappa shape index (κ3) is 7.71. The van der Waals surface area contributed by atoms with Crippen molar-refractivity contribution in [2.24, 2.45) is 22.7 Å². The zero-order valence-electron chi connectivity index (χ0n) is 24.0. The molecule has 0 spiro atoms. The molecule has 0 bridgehead atoms. The quantitative estimate of drug-likeness (QED) is 0.629. The van der Waals surface area contributed by atoms with Crippen molar-refractivity contribution in [3.05, 3.63) is 0 Å². The predicted octanol–water partition coefficient (Wildman–Crippen LogP) is 5.37. The highest BCUT2D eigenvalue weighted by atomic mass is 16.5. The van der Waals surface area contributed by atoms with Gasteiger partial charge in [-0.3, -0.25) is 0 Å². The molecular formula is C23H41NO. The highest BCUT2D eigenvalue weighted by molar-refractivity contribution is 5.07. The molecule has 0 aromatic rings. The van der Waals surface area contributed by atoms with Gasteiger partial charge in [0, 0.05) is 30.4 Å². The van der Waals surface area contributed by atoms with Gasteiger partial charge in [-0.1, -0.05) is 32.6 Å². The standard InChI is InChI=1S/C23H41NO/c1-22(2,3)14-7-17-25-21-12-15-24(16-13-21)18-19-8-10-20(11-9-19)23(4,5)6/h19-21H,8-13,15-18H2,1-6H3/i15D2,16D2,17D2,21D. The SMILES string of the molecule is [2H]C([2H])(C#CC(C)(C)C)OC1([2H])CC([2H])([2H])N(CC2CCC(C(C)(C)C)CC2)C([2H])([2H])C1. The van der Waals surface area contributed by atoms with E-state index in [0.29, 0.717) is 12.5 Å². The van der Waals surface area contributed by atoms with Crippen LogP contribution in [0.2, 0.25) is 0 Å². The first kappa shape index (κ1) is 12.8. The number of hydrogen-bond donors (Lipinski definition) is 0. The lowest BCUT2D eigenvalue weighted by molar-refractivity contribution is 0.0171. The highest BCUT2D eigenvalue weighted by Crippen LogP contribution is 2.40. The Hall–Kier alpha value is -0.520. The van der Waals surface area contributed by atoms with Gasteiger partial charge in [0.05, 0.1) is 10.2 Å². The molecule has 1 saturated heterocycles. The Morgan fingerprint density at radius 1 is 1.04 bits per heavy atom. The van der Waals surface area contributed by atoms with Crippen LogP contribution in [0.3, 0.4) is 0 Å². The second kappa shape index (κ2) is 8.92. The second-order valence-corrected chi connectivity index (χ2v) is 9.61.